The molecule has 0 aliphatic carbocycles. The zero-order chi connectivity index (χ0) is 9.68. The Labute approximate surface area is 79.8 Å². The van der Waals surface area contributed by atoms with Crippen molar-refractivity contribution >= 4 is 5.71 Å². The Kier molecular flexibility index (Phi) is 3.44. The molecule has 1 heteroatoms. The van der Waals surface area contributed by atoms with Crippen molar-refractivity contribution in [2.75, 3.05) is 0 Å². The lowest BCUT2D eigenvalue weighted by Crippen LogP contribution is -1.92. The maximum atomic E-state index is 4.28. The summed E-state index contributed by atoms with van der Waals surface area (Å²) in [4.78, 5) is 4.28. The van der Waals surface area contributed by atoms with Crippen molar-refractivity contribution in [3.63, 3.8) is 0 Å². The molecule has 0 fully saturated rings. The smallest absolute Gasteiger partial charge is 0.0444 e. The number of allylic oxidation sites excluding steroid dienone is 1. The van der Waals surface area contributed by atoms with Gasteiger partial charge in [0.25, 0.3) is 0 Å². The van der Waals surface area contributed by atoms with Crippen LogP contribution >= 0.6 is 0 Å². The second-order valence-electron chi connectivity index (χ2n) is 3.06. The highest BCUT2D eigenvalue weighted by Gasteiger charge is 1.93. The highest BCUT2D eigenvalue weighted by Crippen LogP contribution is 2.04. The minimum atomic E-state index is 1.05. The molecule has 1 aromatic rings. The zero-order valence-corrected chi connectivity index (χ0v) is 8.41. The van der Waals surface area contributed by atoms with Crippen LogP contribution in [0, 0.1) is 6.92 Å². The molecule has 0 amide bonds. The third-order valence-electron chi connectivity index (χ3n) is 1.89. The number of hydrogen-bond acceptors (Lipinski definition) is 1. The molecule has 0 bridgehead atoms. The summed E-state index contributed by atoms with van der Waals surface area (Å²) in [5.41, 5.74) is 3.52. The van der Waals surface area contributed by atoms with Crippen molar-refractivity contribution < 1.29 is 0 Å². The lowest BCUT2D eigenvalue weighted by molar-refractivity contribution is 1.43. The highest BCUT2D eigenvalue weighted by molar-refractivity contribution is 5.99. The number of aliphatic imine (C=N–C) groups is 1. The van der Waals surface area contributed by atoms with Crippen molar-refractivity contribution in [3.05, 3.63) is 47.7 Å². The number of rotatable bonds is 2. The Morgan fingerprint density at radius 2 is 1.85 bits per heavy atom. The number of aryl methyl sites for hydroxylation is 1. The molecule has 0 saturated heterocycles. The summed E-state index contributed by atoms with van der Waals surface area (Å²) >= 11 is 0. The van der Waals surface area contributed by atoms with Gasteiger partial charge >= 0.3 is 0 Å². The molecule has 13 heavy (non-hydrogen) atoms. The molecule has 68 valence electrons. The van der Waals surface area contributed by atoms with Crippen LogP contribution in [0.3, 0.4) is 0 Å². The normalized spacial score (nSPS) is 12.4. The molecule has 0 N–H and O–H groups in total. The van der Waals surface area contributed by atoms with E-state index < -0.39 is 0 Å². The molecule has 1 aromatic carbocycles. The minimum absolute atomic E-state index is 1.05. The van der Waals surface area contributed by atoms with E-state index in [4.69, 9.17) is 0 Å². The van der Waals surface area contributed by atoms with E-state index in [1.807, 2.05) is 26.1 Å². The van der Waals surface area contributed by atoms with Crippen LogP contribution in [0.4, 0.5) is 0 Å². The maximum Gasteiger partial charge on any atom is 0.0444 e. The van der Waals surface area contributed by atoms with Gasteiger partial charge < -0.3 is 0 Å². The van der Waals surface area contributed by atoms with E-state index in [2.05, 4.69) is 36.2 Å². The summed E-state index contributed by atoms with van der Waals surface area (Å²) in [6, 6.07) is 8.39. The third kappa shape index (κ3) is 2.86. The van der Waals surface area contributed by atoms with Crippen LogP contribution in [0.5, 0.6) is 0 Å². The van der Waals surface area contributed by atoms with Crippen LogP contribution in [0.1, 0.15) is 25.0 Å². The largest absolute Gasteiger partial charge is 0.261 e. The predicted octanol–water partition coefficient (Wildman–Crippen LogP) is 3.34. The van der Waals surface area contributed by atoms with Crippen molar-refractivity contribution in [1.29, 1.82) is 0 Å². The van der Waals surface area contributed by atoms with Gasteiger partial charge in [0.05, 0.1) is 0 Å². The van der Waals surface area contributed by atoms with Gasteiger partial charge in [0.1, 0.15) is 0 Å². The molecule has 0 unspecified atom stereocenters. The molecule has 0 atom stereocenters. The predicted molar refractivity (Wildman–Crippen MR) is 58.2 cm³/mol. The van der Waals surface area contributed by atoms with Gasteiger partial charge in [-0.1, -0.05) is 35.9 Å². The summed E-state index contributed by atoms with van der Waals surface area (Å²) in [5, 5.41) is 0. The molecular formula is C12H15N. The first-order valence-corrected chi connectivity index (χ1v) is 4.46. The van der Waals surface area contributed by atoms with Gasteiger partial charge in [-0.2, -0.15) is 0 Å². The maximum absolute atomic E-state index is 4.28. The first-order valence-electron chi connectivity index (χ1n) is 4.46. The van der Waals surface area contributed by atoms with Gasteiger partial charge in [0, 0.05) is 11.9 Å². The van der Waals surface area contributed by atoms with Gasteiger partial charge in [-0.25, -0.2) is 0 Å². The SMILES string of the molecule is C/C=C/N=C(C)c1ccc(C)cc1. The molecule has 1 nitrogen and oxygen atoms in total. The number of nitrogens with zero attached hydrogens (tertiary/aromatic N) is 1. The lowest BCUT2D eigenvalue weighted by Gasteiger charge is -1.99. The molecule has 1 rings (SSSR count). The van der Waals surface area contributed by atoms with Crippen LogP contribution in [-0.2, 0) is 0 Å². The second kappa shape index (κ2) is 4.61. The molecule has 0 saturated carbocycles. The van der Waals surface area contributed by atoms with Crippen LogP contribution in [0.15, 0.2) is 41.5 Å². The fraction of sp³-hybridized carbons (Fsp3) is 0.250. The molecule has 0 radical (unpaired) electrons. The van der Waals surface area contributed by atoms with E-state index in [-0.39, 0.29) is 0 Å². The summed E-state index contributed by atoms with van der Waals surface area (Å²) in [6.07, 6.45) is 3.74. The molecular weight excluding hydrogens is 158 g/mol. The minimum Gasteiger partial charge on any atom is -0.261 e. The Hall–Kier alpha value is -1.37. The van der Waals surface area contributed by atoms with Gasteiger partial charge in [-0.3, -0.25) is 4.99 Å². The highest BCUT2D eigenvalue weighted by atomic mass is 14.7. The fourth-order valence-electron chi connectivity index (χ4n) is 1.06. The molecule has 0 aliphatic heterocycles. The summed E-state index contributed by atoms with van der Waals surface area (Å²) in [5.74, 6) is 0. The summed E-state index contributed by atoms with van der Waals surface area (Å²) in [7, 11) is 0. The standard InChI is InChI=1S/C12H15N/c1-4-9-13-11(3)12-7-5-10(2)6-8-12/h4-9H,1-3H3/b9-4+,13-11?. The quantitative estimate of drug-likeness (QED) is 0.608. The summed E-state index contributed by atoms with van der Waals surface area (Å²) < 4.78 is 0. The molecule has 0 aliphatic rings. The first-order chi connectivity index (χ1) is 6.24. The topological polar surface area (TPSA) is 12.4 Å². The van der Waals surface area contributed by atoms with Gasteiger partial charge in [-0.15, -0.1) is 0 Å². The Morgan fingerprint density at radius 1 is 1.23 bits per heavy atom. The second-order valence-corrected chi connectivity index (χ2v) is 3.06. The Bertz CT molecular complexity index is 317. The van der Waals surface area contributed by atoms with Crippen molar-refractivity contribution in [3.8, 4) is 0 Å². The van der Waals surface area contributed by atoms with Crippen molar-refractivity contribution in [2.24, 2.45) is 4.99 Å². The molecule has 0 heterocycles. The van der Waals surface area contributed by atoms with Crippen LogP contribution in [0.25, 0.3) is 0 Å². The van der Waals surface area contributed by atoms with E-state index in [1.54, 1.807) is 0 Å². The van der Waals surface area contributed by atoms with E-state index in [0.29, 0.717) is 0 Å². The van der Waals surface area contributed by atoms with Crippen LogP contribution in [0.2, 0.25) is 0 Å². The number of hydrogen-bond donors (Lipinski definition) is 0. The average molecular weight is 173 g/mol. The van der Waals surface area contributed by atoms with E-state index in [0.717, 1.165) is 5.71 Å². The van der Waals surface area contributed by atoms with Gasteiger partial charge in [0.2, 0.25) is 0 Å². The van der Waals surface area contributed by atoms with Crippen molar-refractivity contribution in [1.82, 2.24) is 0 Å². The van der Waals surface area contributed by atoms with Crippen molar-refractivity contribution in [2.45, 2.75) is 20.8 Å². The van der Waals surface area contributed by atoms with Crippen LogP contribution in [-0.4, -0.2) is 5.71 Å². The lowest BCUT2D eigenvalue weighted by atomic mass is 10.1. The zero-order valence-electron chi connectivity index (χ0n) is 8.41. The Morgan fingerprint density at radius 3 is 2.38 bits per heavy atom. The summed E-state index contributed by atoms with van der Waals surface area (Å²) in [6.45, 7) is 6.07. The average Bonchev–Trinajstić information content (AvgIpc) is 2.15. The fourth-order valence-corrected chi connectivity index (χ4v) is 1.06. The Balaban J connectivity index is 2.89. The molecule has 0 aromatic heterocycles. The van der Waals surface area contributed by atoms with Crippen LogP contribution < -0.4 is 0 Å². The third-order valence-corrected chi connectivity index (χ3v) is 1.89. The molecule has 0 spiro atoms. The van der Waals surface area contributed by atoms with E-state index in [1.165, 1.54) is 11.1 Å². The first kappa shape index (κ1) is 9.72. The van der Waals surface area contributed by atoms with Gasteiger partial charge in [0.15, 0.2) is 0 Å². The van der Waals surface area contributed by atoms with E-state index >= 15 is 0 Å². The van der Waals surface area contributed by atoms with Gasteiger partial charge in [-0.05, 0) is 26.3 Å². The van der Waals surface area contributed by atoms with E-state index in [9.17, 15) is 0 Å². The monoisotopic (exact) mass is 173 g/mol. The number of benzene rings is 1.